The van der Waals surface area contributed by atoms with Gasteiger partial charge >= 0.3 is 0 Å². The third-order valence-corrected chi connectivity index (χ3v) is 3.53. The normalized spacial score (nSPS) is 18.2. The first kappa shape index (κ1) is 12.3. The Morgan fingerprint density at radius 3 is 2.89 bits per heavy atom. The fourth-order valence-corrected chi connectivity index (χ4v) is 2.54. The summed E-state index contributed by atoms with van der Waals surface area (Å²) in [5, 5.41) is 4.11. The van der Waals surface area contributed by atoms with Crippen LogP contribution < -0.4 is 0 Å². The molecule has 1 aromatic rings. The number of nitrogens with zero attached hydrogens (tertiary/aromatic N) is 5. The van der Waals surface area contributed by atoms with Crippen molar-refractivity contribution in [3.63, 3.8) is 0 Å². The molecule has 0 atom stereocenters. The summed E-state index contributed by atoms with van der Waals surface area (Å²) in [6.07, 6.45) is 4.60. The molecule has 0 radical (unpaired) electrons. The predicted octanol–water partition coefficient (Wildman–Crippen LogP) is 2.25. The zero-order valence-electron chi connectivity index (χ0n) is 10.0. The lowest BCUT2D eigenvalue weighted by Gasteiger charge is -2.20. The molecule has 3 heterocycles. The molecule has 100 valence electrons. The van der Waals surface area contributed by atoms with Crippen LogP contribution in [0.25, 0.3) is 0 Å². The number of aliphatic imine (C=N–C) groups is 1. The molecule has 0 saturated heterocycles. The summed E-state index contributed by atoms with van der Waals surface area (Å²) in [7, 11) is 1.83. The van der Waals surface area contributed by atoms with E-state index in [1.807, 2.05) is 13.2 Å². The first-order valence-electron chi connectivity index (χ1n) is 5.58. The first-order valence-corrected chi connectivity index (χ1v) is 6.37. The predicted molar refractivity (Wildman–Crippen MR) is 69.0 cm³/mol. The summed E-state index contributed by atoms with van der Waals surface area (Å²) in [6, 6.07) is 0. The first-order chi connectivity index (χ1) is 9.02. The molecule has 0 fully saturated rings. The Labute approximate surface area is 116 Å². The van der Waals surface area contributed by atoms with Gasteiger partial charge in [-0.25, -0.2) is 4.99 Å². The van der Waals surface area contributed by atoms with Gasteiger partial charge in [0.1, 0.15) is 4.60 Å². The molecular weight excluding hydrogens is 320 g/mol. The van der Waals surface area contributed by atoms with Crippen LogP contribution in [0.2, 0.25) is 0 Å². The molecule has 2 aliphatic heterocycles. The molecule has 0 amide bonds. The van der Waals surface area contributed by atoms with Crippen LogP contribution in [-0.4, -0.2) is 32.1 Å². The largest absolute Gasteiger partial charge is 0.321 e. The van der Waals surface area contributed by atoms with Crippen molar-refractivity contribution < 1.29 is 8.87 Å². The van der Waals surface area contributed by atoms with Gasteiger partial charge in [0.25, 0.3) is 0 Å². The Balaban J connectivity index is 1.80. The Bertz CT molecular complexity index is 619. The molecule has 0 spiro atoms. The van der Waals surface area contributed by atoms with Gasteiger partial charge in [-0.15, -0.1) is 0 Å². The third kappa shape index (κ3) is 2.27. The Kier molecular flexibility index (Phi) is 2.89. The standard InChI is InChI=1S/C11H10BrF2N5/c1-17-3-7(11(12)16-17)2-8-4-18-5-9(13)19(14)6-10(18)15-8/h3,5-6H,2,4H2,1H3. The topological polar surface area (TPSA) is 36.7 Å². The van der Waals surface area contributed by atoms with Crippen LogP contribution in [0.15, 0.2) is 40.0 Å². The van der Waals surface area contributed by atoms with Crippen molar-refractivity contribution in [1.82, 2.24) is 19.8 Å². The van der Waals surface area contributed by atoms with Crippen molar-refractivity contribution in [2.45, 2.75) is 6.42 Å². The number of hydrogen-bond acceptors (Lipinski definition) is 4. The molecular formula is C11H10BrF2N5. The van der Waals surface area contributed by atoms with Gasteiger partial charge < -0.3 is 4.90 Å². The third-order valence-electron chi connectivity index (χ3n) is 2.86. The van der Waals surface area contributed by atoms with E-state index in [1.165, 1.54) is 0 Å². The summed E-state index contributed by atoms with van der Waals surface area (Å²) in [5.74, 6) is -0.540. The van der Waals surface area contributed by atoms with E-state index >= 15 is 0 Å². The average molecular weight is 330 g/mol. The highest BCUT2D eigenvalue weighted by Gasteiger charge is 2.26. The molecule has 0 bridgehead atoms. The number of hydrogen-bond donors (Lipinski definition) is 0. The van der Waals surface area contributed by atoms with Crippen LogP contribution in [0.3, 0.4) is 0 Å². The van der Waals surface area contributed by atoms with Crippen molar-refractivity contribution >= 4 is 21.6 Å². The lowest BCUT2D eigenvalue weighted by Crippen LogP contribution is -2.23. The van der Waals surface area contributed by atoms with Crippen LogP contribution in [0.5, 0.6) is 0 Å². The van der Waals surface area contributed by atoms with Crippen molar-refractivity contribution in [3.8, 4) is 0 Å². The maximum absolute atomic E-state index is 13.1. The Hall–Kier alpha value is -1.70. The maximum atomic E-state index is 13.1. The fraction of sp³-hybridized carbons (Fsp3) is 0.273. The van der Waals surface area contributed by atoms with Gasteiger partial charge in [-0.1, -0.05) is 4.48 Å². The highest BCUT2D eigenvalue weighted by Crippen LogP contribution is 2.26. The molecule has 0 aliphatic carbocycles. The fourth-order valence-electron chi connectivity index (χ4n) is 2.05. The molecule has 0 N–H and O–H groups in total. The van der Waals surface area contributed by atoms with Gasteiger partial charge in [0.15, 0.2) is 5.82 Å². The van der Waals surface area contributed by atoms with Crippen molar-refractivity contribution in [3.05, 3.63) is 40.5 Å². The lowest BCUT2D eigenvalue weighted by molar-refractivity contribution is 0.0854. The second-order valence-electron chi connectivity index (χ2n) is 4.35. The van der Waals surface area contributed by atoms with Gasteiger partial charge in [0.2, 0.25) is 5.95 Å². The number of rotatable bonds is 2. The van der Waals surface area contributed by atoms with Gasteiger partial charge in [-0.2, -0.15) is 14.6 Å². The molecule has 1 aromatic heterocycles. The maximum Gasteiger partial charge on any atom is 0.238 e. The van der Waals surface area contributed by atoms with Gasteiger partial charge in [0.05, 0.1) is 18.9 Å². The summed E-state index contributed by atoms with van der Waals surface area (Å²) in [6.45, 7) is 0.453. The molecule has 0 aromatic carbocycles. The van der Waals surface area contributed by atoms with E-state index < -0.39 is 5.95 Å². The smallest absolute Gasteiger partial charge is 0.238 e. The van der Waals surface area contributed by atoms with Gasteiger partial charge in [0, 0.05) is 30.9 Å². The zero-order chi connectivity index (χ0) is 13.6. The highest BCUT2D eigenvalue weighted by atomic mass is 79.9. The summed E-state index contributed by atoms with van der Waals surface area (Å²) >= 11 is 3.36. The van der Waals surface area contributed by atoms with Gasteiger partial charge in [-0.05, 0) is 15.9 Å². The minimum atomic E-state index is -0.942. The van der Waals surface area contributed by atoms with Crippen LogP contribution >= 0.6 is 15.9 Å². The summed E-state index contributed by atoms with van der Waals surface area (Å²) in [4.78, 5) is 5.87. The van der Waals surface area contributed by atoms with E-state index in [0.717, 1.165) is 28.3 Å². The second-order valence-corrected chi connectivity index (χ2v) is 5.10. The zero-order valence-corrected chi connectivity index (χ0v) is 11.6. The van der Waals surface area contributed by atoms with E-state index in [1.54, 1.807) is 9.58 Å². The van der Waals surface area contributed by atoms with Crippen LogP contribution in [0.4, 0.5) is 8.87 Å². The van der Waals surface area contributed by atoms with E-state index in [4.69, 9.17) is 0 Å². The van der Waals surface area contributed by atoms with Crippen LogP contribution in [-0.2, 0) is 13.5 Å². The van der Waals surface area contributed by atoms with Crippen LogP contribution in [0.1, 0.15) is 5.56 Å². The lowest BCUT2D eigenvalue weighted by atomic mass is 10.2. The van der Waals surface area contributed by atoms with Gasteiger partial charge in [-0.3, -0.25) is 4.68 Å². The monoisotopic (exact) mass is 329 g/mol. The molecule has 8 heteroatoms. The van der Waals surface area contributed by atoms with E-state index in [-0.39, 0.29) is 5.12 Å². The van der Waals surface area contributed by atoms with E-state index in [9.17, 15) is 8.87 Å². The van der Waals surface area contributed by atoms with Crippen molar-refractivity contribution in [1.29, 1.82) is 0 Å². The molecule has 0 saturated carbocycles. The molecule has 2 aliphatic rings. The number of aryl methyl sites for hydroxylation is 1. The Morgan fingerprint density at radius 2 is 2.21 bits per heavy atom. The number of aromatic nitrogens is 2. The highest BCUT2D eigenvalue weighted by molar-refractivity contribution is 9.10. The molecule has 5 nitrogen and oxygen atoms in total. The second kappa shape index (κ2) is 4.44. The number of halogens is 3. The molecule has 3 rings (SSSR count). The number of fused-ring (bicyclic) bond motifs is 1. The molecule has 19 heavy (non-hydrogen) atoms. The van der Waals surface area contributed by atoms with E-state index in [2.05, 4.69) is 26.0 Å². The quantitative estimate of drug-likeness (QED) is 0.617. The van der Waals surface area contributed by atoms with Crippen molar-refractivity contribution in [2.24, 2.45) is 12.0 Å². The summed E-state index contributed by atoms with van der Waals surface area (Å²) in [5.41, 5.74) is 1.82. The minimum Gasteiger partial charge on any atom is -0.321 e. The van der Waals surface area contributed by atoms with Crippen LogP contribution in [0, 0.1) is 0 Å². The molecule has 0 unspecified atom stereocenters. The van der Waals surface area contributed by atoms with E-state index in [0.29, 0.717) is 18.8 Å². The SMILES string of the molecule is Cn1cc(CC2=NC3=CN(F)C(F)=CN3C2)c(Br)n1. The summed E-state index contributed by atoms with van der Waals surface area (Å²) < 4.78 is 28.6. The minimum absolute atomic E-state index is 0.0712. The average Bonchev–Trinajstić information content (AvgIpc) is 2.83. The Morgan fingerprint density at radius 1 is 1.42 bits per heavy atom. The van der Waals surface area contributed by atoms with Crippen molar-refractivity contribution in [2.75, 3.05) is 6.54 Å².